The van der Waals surface area contributed by atoms with Crippen LogP contribution < -0.4 is 5.73 Å². The lowest BCUT2D eigenvalue weighted by molar-refractivity contribution is 0.828. The molecule has 2 rings (SSSR count). The summed E-state index contributed by atoms with van der Waals surface area (Å²) in [5, 5.41) is 1.02. The Balaban J connectivity index is 2.40. The third kappa shape index (κ3) is 3.28. The topological polar surface area (TPSA) is 64.7 Å². The van der Waals surface area contributed by atoms with Gasteiger partial charge in [-0.15, -0.1) is 11.8 Å². The smallest absolute Gasteiger partial charge is 0.130 e. The molecule has 0 amide bonds. The average molecular weight is 288 g/mol. The van der Waals surface area contributed by atoms with Gasteiger partial charge in [0.05, 0.1) is 5.03 Å². The predicted octanol–water partition coefficient (Wildman–Crippen LogP) is 3.20. The first-order valence-electron chi connectivity index (χ1n) is 6.62. The van der Waals surface area contributed by atoms with Gasteiger partial charge in [-0.25, -0.2) is 15.0 Å². The highest BCUT2D eigenvalue weighted by atomic mass is 32.2. The maximum absolute atomic E-state index is 5.99. The van der Waals surface area contributed by atoms with Gasteiger partial charge >= 0.3 is 0 Å². The molecule has 0 unspecified atom stereocenters. The number of hydrogen-bond donors (Lipinski definition) is 1. The molecule has 0 spiro atoms. The van der Waals surface area contributed by atoms with Gasteiger partial charge in [0.1, 0.15) is 11.6 Å². The molecule has 20 heavy (non-hydrogen) atoms. The number of hydrogen-bond acceptors (Lipinski definition) is 5. The number of aryl methyl sites for hydroxylation is 1. The minimum Gasteiger partial charge on any atom is -0.383 e. The van der Waals surface area contributed by atoms with E-state index in [4.69, 9.17) is 5.73 Å². The van der Waals surface area contributed by atoms with E-state index in [9.17, 15) is 0 Å². The van der Waals surface area contributed by atoms with Crippen molar-refractivity contribution in [3.63, 3.8) is 0 Å². The third-order valence-electron chi connectivity index (χ3n) is 3.23. The van der Waals surface area contributed by atoms with Gasteiger partial charge in [-0.2, -0.15) is 0 Å². The van der Waals surface area contributed by atoms with Gasteiger partial charge in [0.25, 0.3) is 0 Å². The summed E-state index contributed by atoms with van der Waals surface area (Å²) in [6.45, 7) is 6.19. The minimum atomic E-state index is 0.431. The van der Waals surface area contributed by atoms with Gasteiger partial charge in [0.2, 0.25) is 0 Å². The van der Waals surface area contributed by atoms with Crippen LogP contribution in [0.2, 0.25) is 0 Å². The normalized spacial score (nSPS) is 11.1. The van der Waals surface area contributed by atoms with Crippen molar-refractivity contribution in [1.82, 2.24) is 15.0 Å². The Morgan fingerprint density at radius 3 is 2.55 bits per heavy atom. The maximum Gasteiger partial charge on any atom is 0.130 e. The number of nitrogen functional groups attached to an aromatic ring is 1. The van der Waals surface area contributed by atoms with Crippen molar-refractivity contribution in [2.24, 2.45) is 0 Å². The van der Waals surface area contributed by atoms with Crippen molar-refractivity contribution < 1.29 is 0 Å². The van der Waals surface area contributed by atoms with Crippen LogP contribution in [-0.2, 0) is 6.42 Å². The van der Waals surface area contributed by atoms with E-state index in [1.165, 1.54) is 11.1 Å². The molecule has 0 aliphatic rings. The Morgan fingerprint density at radius 1 is 1.20 bits per heavy atom. The first-order chi connectivity index (χ1) is 9.51. The lowest BCUT2D eigenvalue weighted by Gasteiger charge is -2.14. The van der Waals surface area contributed by atoms with E-state index in [2.05, 4.69) is 34.9 Å². The second-order valence-electron chi connectivity index (χ2n) is 5.08. The highest BCUT2D eigenvalue weighted by Crippen LogP contribution is 2.25. The SMILES string of the molecule is CSc1cc(Cc2cnc(C)nc2N)c(C(C)C)cn1. The summed E-state index contributed by atoms with van der Waals surface area (Å²) in [7, 11) is 0. The van der Waals surface area contributed by atoms with Crippen LogP contribution in [0, 0.1) is 6.92 Å². The maximum atomic E-state index is 5.99. The molecule has 0 saturated heterocycles. The van der Waals surface area contributed by atoms with Gasteiger partial charge in [-0.05, 0) is 36.3 Å². The van der Waals surface area contributed by atoms with E-state index in [-0.39, 0.29) is 0 Å². The molecule has 4 nitrogen and oxygen atoms in total. The van der Waals surface area contributed by atoms with E-state index >= 15 is 0 Å². The monoisotopic (exact) mass is 288 g/mol. The van der Waals surface area contributed by atoms with Crippen molar-refractivity contribution in [3.05, 3.63) is 41.0 Å². The zero-order valence-corrected chi connectivity index (χ0v) is 13.2. The zero-order valence-electron chi connectivity index (χ0n) is 12.3. The largest absolute Gasteiger partial charge is 0.383 e. The summed E-state index contributed by atoms with van der Waals surface area (Å²) in [6.07, 6.45) is 6.57. The van der Waals surface area contributed by atoms with Gasteiger partial charge < -0.3 is 5.73 Å². The molecule has 0 bridgehead atoms. The molecule has 0 atom stereocenters. The van der Waals surface area contributed by atoms with Crippen molar-refractivity contribution in [3.8, 4) is 0 Å². The quantitative estimate of drug-likeness (QED) is 0.875. The summed E-state index contributed by atoms with van der Waals surface area (Å²) in [5.41, 5.74) is 9.46. The van der Waals surface area contributed by atoms with Crippen LogP contribution in [0.15, 0.2) is 23.5 Å². The second kappa shape index (κ2) is 6.22. The number of aromatic nitrogens is 3. The van der Waals surface area contributed by atoms with Crippen molar-refractivity contribution in [2.75, 3.05) is 12.0 Å². The zero-order chi connectivity index (χ0) is 14.7. The van der Waals surface area contributed by atoms with E-state index in [1.807, 2.05) is 25.6 Å². The Kier molecular flexibility index (Phi) is 4.60. The molecule has 2 aromatic heterocycles. The number of nitrogens with zero attached hydrogens (tertiary/aromatic N) is 3. The summed E-state index contributed by atoms with van der Waals surface area (Å²) in [5.74, 6) is 1.70. The molecular formula is C15H20N4S. The Hall–Kier alpha value is -1.62. The molecule has 0 fully saturated rings. The van der Waals surface area contributed by atoms with Gasteiger partial charge in [-0.3, -0.25) is 0 Å². The molecule has 0 saturated carbocycles. The Morgan fingerprint density at radius 2 is 1.95 bits per heavy atom. The number of anilines is 1. The fourth-order valence-electron chi connectivity index (χ4n) is 2.12. The highest BCUT2D eigenvalue weighted by molar-refractivity contribution is 7.98. The molecule has 0 radical (unpaired) electrons. The van der Waals surface area contributed by atoms with Crippen LogP contribution in [0.4, 0.5) is 5.82 Å². The van der Waals surface area contributed by atoms with Crippen molar-refractivity contribution >= 4 is 17.6 Å². The van der Waals surface area contributed by atoms with Crippen LogP contribution in [0.5, 0.6) is 0 Å². The summed E-state index contributed by atoms with van der Waals surface area (Å²) < 4.78 is 0. The number of thioether (sulfide) groups is 1. The Bertz CT molecular complexity index is 611. The fraction of sp³-hybridized carbons (Fsp3) is 0.400. The molecule has 0 aliphatic heterocycles. The summed E-state index contributed by atoms with van der Waals surface area (Å²) in [6, 6.07) is 2.14. The van der Waals surface area contributed by atoms with Crippen molar-refractivity contribution in [2.45, 2.75) is 38.1 Å². The van der Waals surface area contributed by atoms with Crippen LogP contribution in [-0.4, -0.2) is 21.2 Å². The highest BCUT2D eigenvalue weighted by Gasteiger charge is 2.11. The molecule has 106 valence electrons. The first kappa shape index (κ1) is 14.8. The van der Waals surface area contributed by atoms with Crippen LogP contribution in [0.25, 0.3) is 0 Å². The molecule has 2 heterocycles. The predicted molar refractivity (Wildman–Crippen MR) is 84.1 cm³/mol. The van der Waals surface area contributed by atoms with Crippen LogP contribution in [0.1, 0.15) is 42.3 Å². The van der Waals surface area contributed by atoms with E-state index < -0.39 is 0 Å². The van der Waals surface area contributed by atoms with Crippen LogP contribution in [0.3, 0.4) is 0 Å². The molecule has 2 aromatic rings. The number of nitrogens with two attached hydrogens (primary N) is 1. The van der Waals surface area contributed by atoms with Gasteiger partial charge in [-0.1, -0.05) is 13.8 Å². The summed E-state index contributed by atoms with van der Waals surface area (Å²) in [4.78, 5) is 12.9. The average Bonchev–Trinajstić information content (AvgIpc) is 2.41. The number of rotatable bonds is 4. The lowest BCUT2D eigenvalue weighted by Crippen LogP contribution is -2.05. The van der Waals surface area contributed by atoms with Gasteiger partial charge in [0, 0.05) is 24.4 Å². The standard InChI is InChI=1S/C15H20N4S/c1-9(2)13-8-18-14(20-4)6-11(13)5-12-7-17-10(3)19-15(12)16/h6-9H,5H2,1-4H3,(H2,16,17,19). The molecule has 0 aliphatic carbocycles. The second-order valence-corrected chi connectivity index (χ2v) is 5.91. The molecule has 0 aromatic carbocycles. The molecule has 5 heteroatoms. The first-order valence-corrected chi connectivity index (χ1v) is 7.84. The third-order valence-corrected chi connectivity index (χ3v) is 3.87. The van der Waals surface area contributed by atoms with Gasteiger partial charge in [0.15, 0.2) is 0 Å². The van der Waals surface area contributed by atoms with Crippen molar-refractivity contribution in [1.29, 1.82) is 0 Å². The van der Waals surface area contributed by atoms with E-state index in [0.717, 1.165) is 17.0 Å². The van der Waals surface area contributed by atoms with E-state index in [0.29, 0.717) is 17.6 Å². The Labute approximate surface area is 124 Å². The summed E-state index contributed by atoms with van der Waals surface area (Å²) >= 11 is 1.65. The molecule has 2 N–H and O–H groups in total. The number of pyridine rings is 1. The van der Waals surface area contributed by atoms with E-state index in [1.54, 1.807) is 11.8 Å². The minimum absolute atomic E-state index is 0.431. The van der Waals surface area contributed by atoms with Crippen LogP contribution >= 0.6 is 11.8 Å². The lowest BCUT2D eigenvalue weighted by atomic mass is 9.95. The fourth-order valence-corrected chi connectivity index (χ4v) is 2.54. The molecular weight excluding hydrogens is 268 g/mol.